The number of phosphoric ester groups is 1. The van der Waals surface area contributed by atoms with Gasteiger partial charge in [0.05, 0.1) is 52.9 Å². The molecule has 24 N–H and O–H groups in total. The van der Waals surface area contributed by atoms with Gasteiger partial charge in [-0.2, -0.15) is 0 Å². The smallest absolute Gasteiger partial charge is 0.756 e. The molecule has 16 bridgehead atoms. The van der Waals surface area contributed by atoms with Crippen molar-refractivity contribution in [1.82, 2.24) is 0 Å². The van der Waals surface area contributed by atoms with Gasteiger partial charge in [0.15, 0.2) is 50.3 Å². The molecule has 30 aliphatic rings. The summed E-state index contributed by atoms with van der Waals surface area (Å²) < 4.78 is 107. The van der Waals surface area contributed by atoms with E-state index in [1.807, 2.05) is 0 Å². The van der Waals surface area contributed by atoms with Crippen LogP contribution in [0.15, 0.2) is 0 Å². The Labute approximate surface area is 566 Å². The van der Waals surface area contributed by atoms with Crippen molar-refractivity contribution < 1.29 is 264 Å². The van der Waals surface area contributed by atoms with E-state index in [1.165, 1.54) is 0 Å². The Kier molecular flexibility index (Phi) is 28.5. The van der Waals surface area contributed by atoms with Crippen molar-refractivity contribution in [1.29, 1.82) is 0 Å². The van der Waals surface area contributed by atoms with Crippen LogP contribution in [0.4, 0.5) is 0 Å². The number of aliphatic hydroxyl groups excluding tert-OH is 23. The van der Waals surface area contributed by atoms with Gasteiger partial charge in [0.2, 0.25) is 0 Å². The van der Waals surface area contributed by atoms with Gasteiger partial charge in [-0.1, -0.05) is 0 Å². The molecule has 30 rings (SSSR count). The molecular formula is C48H80KO43P. The van der Waals surface area contributed by atoms with E-state index in [0.29, 0.717) is 0 Å². The summed E-state index contributed by atoms with van der Waals surface area (Å²) in [7, 11) is -5.72. The first kappa shape index (κ1) is 78.9. The summed E-state index contributed by atoms with van der Waals surface area (Å²) in [5.74, 6) is 0. The summed E-state index contributed by atoms with van der Waals surface area (Å²) in [4.78, 5) is 21.4. The van der Waals surface area contributed by atoms with E-state index in [1.54, 1.807) is 0 Å². The Morgan fingerprint density at radius 3 is 0.505 bits per heavy atom. The molecule has 0 saturated carbocycles. The molecule has 0 radical (unpaired) electrons. The molecule has 30 saturated heterocycles. The summed E-state index contributed by atoms with van der Waals surface area (Å²) in [5, 5.41) is 255. The predicted octanol–water partition coefficient (Wildman–Crippen LogP) is -20.9. The number of phosphoric acid groups is 1. The quantitative estimate of drug-likeness (QED) is 0.0713. The van der Waals surface area contributed by atoms with Crippen LogP contribution in [0.1, 0.15) is 0 Å². The number of hydrogen-bond donors (Lipinski definition) is 24. The fourth-order valence-electron chi connectivity index (χ4n) is 12.1. The molecule has 1 unspecified atom stereocenters. The van der Waals surface area contributed by atoms with Crippen molar-refractivity contribution in [2.24, 2.45) is 0 Å². The SMILES string of the molecule is O=P([O-])(O)OC[C@H]1O[C@@H]2O[C@H]3[C@H](O)[C@@H](O)[C@@H](O[C@H]4[C@H](O)[C@@H](O)[C@@H](O[C@H]5[C@H](O)[C@@H](O)[C@@H](O[C@H]6[C@H](O)[C@H](O)[C@@H](O[C@H]7[C@H](O)[C@@H](O)[C@@H](O[C@H]8[C@H](O)[C@@H](O)[C@@H](O[C@H]9[C@H](O)[C@@H](O)[C@@H](O[C@H]1[C@H](O)[C@H]2O)O[C@@H]9CO)O[C@@H]8CO)O[C@@H]7CO)O[C@@H]6CO)O[C@@H]5CO)O[C@@H]4CO)O[C@@H]3CO.[K+]. The van der Waals surface area contributed by atoms with Crippen LogP contribution in [0.2, 0.25) is 0 Å². The van der Waals surface area contributed by atoms with E-state index in [9.17, 15) is 132 Å². The van der Waals surface area contributed by atoms with Gasteiger partial charge in [-0.05, 0) is 0 Å². The molecule has 536 valence electrons. The number of aliphatic hydroxyl groups is 23. The standard InChI is InChI=1S/C48H81O43P.K/c49-1-9-33-17(56)25(64)41(76-9)85-34-10(2-50)78-43(27(66)19(34)58)87-36-12(4-52)80-45(29(68)21(36)60)89-38-14(6-54)82-47(31(70)23(38)62)91-40-16(8-75-92(72,73)74)83-48(32(71)24(40)63)90-39-15(7-55)81-46(30(69)22(39)61)88-37-13(5-53)79-44(28(67)20(37)59)86-35-11(3-51)77-42(84-33)26(65)18(35)57;/h9-71H,1-8H2,(H2,72,73,74);/q;+1/p-1/t9-,10-,11-,12-,13-,14-,15-,16-,17-,18-,19-,20-,21-,22-,23-,24-,25+,26-,27-,28-,29-,30-,31-,32-,33-,34-,35-,36-,37-,38-,39-,40-,41-,42-,43-,44-,45-,46-,47-,48-;/m1./s1. The van der Waals surface area contributed by atoms with E-state index in [-0.39, 0.29) is 51.4 Å². The average molecular weight is 1420 g/mol. The molecule has 0 aromatic heterocycles. The van der Waals surface area contributed by atoms with Crippen LogP contribution in [-0.4, -0.2) is 421 Å². The fraction of sp³-hybridized carbons (Fsp3) is 1.00. The molecule has 43 nitrogen and oxygen atoms in total. The molecule has 0 aromatic rings. The summed E-state index contributed by atoms with van der Waals surface area (Å²) in [5.41, 5.74) is 0. The predicted molar refractivity (Wildman–Crippen MR) is 270 cm³/mol. The second-order valence-electron chi connectivity index (χ2n) is 23.0. The second kappa shape index (κ2) is 33.5. The molecular weight excluding hydrogens is 1330 g/mol. The second-order valence-corrected chi connectivity index (χ2v) is 24.2. The van der Waals surface area contributed by atoms with Crippen molar-refractivity contribution in [3.05, 3.63) is 0 Å². The first-order chi connectivity index (χ1) is 43.5. The third-order valence-corrected chi connectivity index (χ3v) is 17.6. The number of ether oxygens (including phenoxy) is 16. The summed E-state index contributed by atoms with van der Waals surface area (Å²) in [6, 6.07) is 0. The Morgan fingerprint density at radius 2 is 0.376 bits per heavy atom. The van der Waals surface area contributed by atoms with Gasteiger partial charge in [-0.15, -0.1) is 0 Å². The number of rotatable bonds is 10. The van der Waals surface area contributed by atoms with Gasteiger partial charge >= 0.3 is 51.4 Å². The van der Waals surface area contributed by atoms with Gasteiger partial charge in [-0.25, -0.2) is 0 Å². The van der Waals surface area contributed by atoms with Gasteiger partial charge < -0.3 is 208 Å². The van der Waals surface area contributed by atoms with Crippen LogP contribution in [0, 0.1) is 0 Å². The van der Waals surface area contributed by atoms with E-state index in [2.05, 4.69) is 4.52 Å². The van der Waals surface area contributed by atoms with Crippen LogP contribution in [0.25, 0.3) is 0 Å². The first-order valence-electron chi connectivity index (χ1n) is 28.9. The van der Waals surface area contributed by atoms with Crippen molar-refractivity contribution in [2.45, 2.75) is 246 Å². The molecule has 30 heterocycles. The van der Waals surface area contributed by atoms with Gasteiger partial charge in [0, 0.05) is 0 Å². The minimum absolute atomic E-state index is 0. The van der Waals surface area contributed by atoms with Crippen molar-refractivity contribution in [3.8, 4) is 0 Å². The normalized spacial score (nSPS) is 53.6. The fourth-order valence-corrected chi connectivity index (χ4v) is 12.4. The Hall–Kier alpha value is 0.186. The van der Waals surface area contributed by atoms with Gasteiger partial charge in [0.25, 0.3) is 7.82 Å². The third-order valence-electron chi connectivity index (χ3n) is 17.1. The van der Waals surface area contributed by atoms with Crippen LogP contribution < -0.4 is 56.3 Å². The van der Waals surface area contributed by atoms with Crippen LogP contribution in [0.3, 0.4) is 0 Å². The van der Waals surface area contributed by atoms with Crippen molar-refractivity contribution >= 4 is 7.82 Å². The maximum atomic E-state index is 11.8. The van der Waals surface area contributed by atoms with E-state index in [0.717, 1.165) is 0 Å². The van der Waals surface area contributed by atoms with Crippen LogP contribution in [0.5, 0.6) is 0 Å². The molecule has 41 atom stereocenters. The maximum absolute atomic E-state index is 11.8. The minimum Gasteiger partial charge on any atom is -0.756 e. The topological polar surface area (TPSA) is 683 Å². The largest absolute Gasteiger partial charge is 1.00 e. The Bertz CT molecular complexity index is 2330. The summed E-state index contributed by atoms with van der Waals surface area (Å²) in [6.45, 7) is -9.25. The average Bonchev–Trinajstić information content (AvgIpc) is 0.784. The molecule has 93 heavy (non-hydrogen) atoms. The monoisotopic (exact) mass is 1410 g/mol. The summed E-state index contributed by atoms with van der Waals surface area (Å²) in [6.07, 6.45) is -85.3. The molecule has 45 heteroatoms. The third kappa shape index (κ3) is 16.7. The van der Waals surface area contributed by atoms with Crippen LogP contribution in [-0.2, 0) is 84.9 Å². The van der Waals surface area contributed by atoms with E-state index < -0.39 is 306 Å². The summed E-state index contributed by atoms with van der Waals surface area (Å²) >= 11 is 0. The molecule has 0 aromatic carbocycles. The minimum atomic E-state index is -5.72. The van der Waals surface area contributed by atoms with Gasteiger partial charge in [-0.3, -0.25) is 4.57 Å². The molecule has 30 fully saturated rings. The molecule has 0 spiro atoms. The van der Waals surface area contributed by atoms with E-state index in [4.69, 9.17) is 75.8 Å². The van der Waals surface area contributed by atoms with Crippen molar-refractivity contribution in [3.63, 3.8) is 0 Å². The molecule has 30 aliphatic heterocycles. The zero-order chi connectivity index (χ0) is 67.3. The Morgan fingerprint density at radius 1 is 0.247 bits per heavy atom. The zero-order valence-electron chi connectivity index (χ0n) is 48.7. The number of hydrogen-bond acceptors (Lipinski definition) is 42. The van der Waals surface area contributed by atoms with Gasteiger partial charge in [0.1, 0.15) is 195 Å². The molecule has 0 amide bonds. The van der Waals surface area contributed by atoms with Crippen LogP contribution >= 0.6 is 7.82 Å². The molecule has 0 aliphatic carbocycles. The van der Waals surface area contributed by atoms with Crippen molar-refractivity contribution in [2.75, 3.05) is 52.9 Å². The first-order valence-corrected chi connectivity index (χ1v) is 30.4. The zero-order valence-corrected chi connectivity index (χ0v) is 52.7. The Balaban J connectivity index is 0.0000111. The van der Waals surface area contributed by atoms with E-state index >= 15 is 0 Å². The maximum Gasteiger partial charge on any atom is 1.00 e.